The quantitative estimate of drug-likeness (QED) is 0.804. The van der Waals surface area contributed by atoms with Gasteiger partial charge in [-0.05, 0) is 24.3 Å². The molecule has 0 spiro atoms. The van der Waals surface area contributed by atoms with Crippen LogP contribution in [-0.2, 0) is 9.84 Å². The molecule has 1 aromatic heterocycles. The molecule has 0 radical (unpaired) electrons. The minimum atomic E-state index is -4.24. The molecule has 0 unspecified atom stereocenters. The van der Waals surface area contributed by atoms with Gasteiger partial charge in [0.2, 0.25) is 15.7 Å². The van der Waals surface area contributed by atoms with Crippen LogP contribution in [0.3, 0.4) is 0 Å². The zero-order valence-corrected chi connectivity index (χ0v) is 10.8. The first-order valence-electron chi connectivity index (χ1n) is 4.88. The summed E-state index contributed by atoms with van der Waals surface area (Å²) in [4.78, 5) is 15.8. The van der Waals surface area contributed by atoms with Crippen LogP contribution >= 0.6 is 11.6 Å². The second-order valence-electron chi connectivity index (χ2n) is 3.53. The van der Waals surface area contributed by atoms with Gasteiger partial charge in [0.15, 0.2) is 10.8 Å². The molecule has 9 heteroatoms. The Balaban J connectivity index is 2.70. The predicted octanol–water partition coefficient (Wildman–Crippen LogP) is 0.977. The van der Waals surface area contributed by atoms with E-state index in [1.54, 1.807) is 0 Å². The van der Waals surface area contributed by atoms with Gasteiger partial charge >= 0.3 is 5.69 Å². The van der Waals surface area contributed by atoms with Crippen molar-refractivity contribution in [1.29, 1.82) is 0 Å². The highest BCUT2D eigenvalue weighted by molar-refractivity contribution is 7.91. The molecule has 2 rings (SSSR count). The topological polar surface area (TPSA) is 106 Å². The fourth-order valence-corrected chi connectivity index (χ4v) is 2.79. The molecule has 1 aromatic carbocycles. The first-order valence-corrected chi connectivity index (χ1v) is 6.74. The van der Waals surface area contributed by atoms with Crippen molar-refractivity contribution in [3.63, 3.8) is 0 Å². The van der Waals surface area contributed by atoms with Gasteiger partial charge in [0.05, 0.1) is 4.90 Å². The van der Waals surface area contributed by atoms with Gasteiger partial charge in [0, 0.05) is 5.02 Å². The van der Waals surface area contributed by atoms with E-state index in [-0.39, 0.29) is 4.90 Å². The van der Waals surface area contributed by atoms with E-state index in [4.69, 9.17) is 17.3 Å². The molecular weight excluding hydrogens is 297 g/mol. The molecule has 0 atom stereocenters. The van der Waals surface area contributed by atoms with Crippen LogP contribution < -0.4 is 11.4 Å². The summed E-state index contributed by atoms with van der Waals surface area (Å²) in [5.74, 6) is -2.08. The number of nitrogens with one attached hydrogen (secondary N) is 1. The van der Waals surface area contributed by atoms with Crippen molar-refractivity contribution >= 4 is 27.3 Å². The first-order chi connectivity index (χ1) is 8.82. The van der Waals surface area contributed by atoms with Crippen LogP contribution in [0.1, 0.15) is 0 Å². The predicted molar refractivity (Wildman–Crippen MR) is 66.1 cm³/mol. The third kappa shape index (κ3) is 2.45. The van der Waals surface area contributed by atoms with Crippen molar-refractivity contribution < 1.29 is 12.8 Å². The Bertz CT molecular complexity index is 787. The lowest BCUT2D eigenvalue weighted by molar-refractivity contribution is 0.548. The van der Waals surface area contributed by atoms with Crippen LogP contribution in [-0.4, -0.2) is 18.4 Å². The largest absolute Gasteiger partial charge is 0.381 e. The number of nitrogens with two attached hydrogens (primary N) is 1. The second kappa shape index (κ2) is 4.63. The van der Waals surface area contributed by atoms with Crippen molar-refractivity contribution in [1.82, 2.24) is 9.97 Å². The minimum Gasteiger partial charge on any atom is -0.381 e. The highest BCUT2D eigenvalue weighted by Crippen LogP contribution is 2.23. The highest BCUT2D eigenvalue weighted by atomic mass is 35.5. The maximum absolute atomic E-state index is 13.7. The normalized spacial score (nSPS) is 11.5. The van der Waals surface area contributed by atoms with E-state index >= 15 is 0 Å². The van der Waals surface area contributed by atoms with Gasteiger partial charge in [-0.15, -0.1) is 0 Å². The lowest BCUT2D eigenvalue weighted by atomic mass is 10.4. The molecular formula is C10H7ClFN3O3S. The summed E-state index contributed by atoms with van der Waals surface area (Å²) in [5.41, 5.74) is 4.08. The molecule has 0 aliphatic carbocycles. The van der Waals surface area contributed by atoms with Crippen LogP contribution in [0, 0.1) is 5.82 Å². The Labute approximate surface area is 112 Å². The van der Waals surface area contributed by atoms with E-state index in [0.717, 1.165) is 0 Å². The van der Waals surface area contributed by atoms with E-state index < -0.39 is 32.2 Å². The van der Waals surface area contributed by atoms with Gasteiger partial charge in [-0.1, -0.05) is 11.6 Å². The number of nitrogen functional groups attached to an aromatic ring is 1. The van der Waals surface area contributed by atoms with Gasteiger partial charge in [-0.25, -0.2) is 13.2 Å². The molecule has 0 saturated carbocycles. The molecule has 0 aliphatic heterocycles. The molecule has 0 fully saturated rings. The molecule has 100 valence electrons. The third-order valence-electron chi connectivity index (χ3n) is 2.26. The molecule has 6 nitrogen and oxygen atoms in total. The number of anilines is 1. The molecule has 0 amide bonds. The van der Waals surface area contributed by atoms with Crippen LogP contribution in [0.5, 0.6) is 0 Å². The average molecular weight is 304 g/mol. The smallest absolute Gasteiger partial charge is 0.348 e. The number of H-pyrrole nitrogens is 1. The Kier molecular flexibility index (Phi) is 3.29. The molecule has 19 heavy (non-hydrogen) atoms. The van der Waals surface area contributed by atoms with Gasteiger partial charge in [0.1, 0.15) is 0 Å². The van der Waals surface area contributed by atoms with E-state index in [1.165, 1.54) is 24.3 Å². The van der Waals surface area contributed by atoms with Gasteiger partial charge in [0.25, 0.3) is 0 Å². The van der Waals surface area contributed by atoms with Crippen molar-refractivity contribution in [3.05, 3.63) is 45.6 Å². The zero-order chi connectivity index (χ0) is 14.2. The summed E-state index contributed by atoms with van der Waals surface area (Å²) < 4.78 is 37.9. The molecule has 0 saturated heterocycles. The standard InChI is InChI=1S/C10H7ClFN3O3S/c11-5-1-3-6(4-2-5)19(17,18)9-7(12)8(13)14-10(16)15-9/h1-4H,(H3,13,14,15,16). The van der Waals surface area contributed by atoms with Crippen molar-refractivity contribution in [2.75, 3.05) is 5.73 Å². The maximum atomic E-state index is 13.7. The zero-order valence-electron chi connectivity index (χ0n) is 9.22. The maximum Gasteiger partial charge on any atom is 0.348 e. The first kappa shape index (κ1) is 13.5. The van der Waals surface area contributed by atoms with Crippen molar-refractivity contribution in [2.24, 2.45) is 0 Å². The number of nitrogens with zero attached hydrogens (tertiary/aromatic N) is 1. The van der Waals surface area contributed by atoms with Crippen molar-refractivity contribution in [2.45, 2.75) is 9.92 Å². The average Bonchev–Trinajstić information content (AvgIpc) is 2.34. The van der Waals surface area contributed by atoms with Gasteiger partial charge < -0.3 is 5.73 Å². The van der Waals surface area contributed by atoms with E-state index in [9.17, 15) is 17.6 Å². The SMILES string of the molecule is Nc1nc(=O)[nH]c(S(=O)(=O)c2ccc(Cl)cc2)c1F. The molecule has 1 heterocycles. The van der Waals surface area contributed by atoms with Gasteiger partial charge in [-0.3, -0.25) is 4.98 Å². The van der Waals surface area contributed by atoms with Crippen LogP contribution in [0.25, 0.3) is 0 Å². The molecule has 0 bridgehead atoms. The number of aromatic nitrogens is 2. The number of halogens is 2. The Hall–Kier alpha value is -1.93. The Morgan fingerprint density at radius 2 is 1.84 bits per heavy atom. The number of aromatic amines is 1. The Morgan fingerprint density at radius 1 is 1.26 bits per heavy atom. The number of rotatable bonds is 2. The van der Waals surface area contributed by atoms with E-state index in [0.29, 0.717) is 5.02 Å². The molecule has 0 aliphatic rings. The van der Waals surface area contributed by atoms with Crippen LogP contribution in [0.4, 0.5) is 10.2 Å². The minimum absolute atomic E-state index is 0.225. The van der Waals surface area contributed by atoms with Crippen molar-refractivity contribution in [3.8, 4) is 0 Å². The fourth-order valence-electron chi connectivity index (χ4n) is 1.37. The summed E-state index contributed by atoms with van der Waals surface area (Å²) in [6.45, 7) is 0. The molecule has 3 N–H and O–H groups in total. The van der Waals surface area contributed by atoms with E-state index in [1.807, 2.05) is 4.98 Å². The number of benzene rings is 1. The van der Waals surface area contributed by atoms with E-state index in [2.05, 4.69) is 4.98 Å². The number of hydrogen-bond acceptors (Lipinski definition) is 5. The second-order valence-corrected chi connectivity index (χ2v) is 5.85. The number of sulfone groups is 1. The Morgan fingerprint density at radius 3 is 2.42 bits per heavy atom. The summed E-state index contributed by atoms with van der Waals surface area (Å²) in [6.07, 6.45) is 0. The summed E-state index contributed by atoms with van der Waals surface area (Å²) in [6, 6.07) is 5.03. The lowest BCUT2D eigenvalue weighted by Gasteiger charge is -2.06. The monoisotopic (exact) mass is 303 g/mol. The fraction of sp³-hybridized carbons (Fsp3) is 0. The lowest BCUT2D eigenvalue weighted by Crippen LogP contribution is -2.20. The van der Waals surface area contributed by atoms with Crippen LogP contribution in [0.15, 0.2) is 39.0 Å². The summed E-state index contributed by atoms with van der Waals surface area (Å²) >= 11 is 5.63. The molecule has 2 aromatic rings. The third-order valence-corrected chi connectivity index (χ3v) is 4.22. The van der Waals surface area contributed by atoms with Crippen LogP contribution in [0.2, 0.25) is 5.02 Å². The summed E-state index contributed by atoms with van der Waals surface area (Å²) in [5, 5.41) is -0.602. The number of hydrogen-bond donors (Lipinski definition) is 2. The summed E-state index contributed by atoms with van der Waals surface area (Å²) in [7, 11) is -4.24. The van der Waals surface area contributed by atoms with Gasteiger partial charge in [-0.2, -0.15) is 9.37 Å². The highest BCUT2D eigenvalue weighted by Gasteiger charge is 2.25.